The number of amides is 1. The number of fused-ring (bicyclic) bond motifs is 1. The maximum absolute atomic E-state index is 12.3. The lowest BCUT2D eigenvalue weighted by atomic mass is 9.83. The minimum absolute atomic E-state index is 0.203. The summed E-state index contributed by atoms with van der Waals surface area (Å²) in [6, 6.07) is 13.4. The van der Waals surface area contributed by atoms with Crippen molar-refractivity contribution in [3.63, 3.8) is 0 Å². The van der Waals surface area contributed by atoms with Crippen LogP contribution in [0.15, 0.2) is 30.3 Å². The molecule has 0 N–H and O–H groups in total. The van der Waals surface area contributed by atoms with Crippen molar-refractivity contribution in [3.05, 3.63) is 35.9 Å². The summed E-state index contributed by atoms with van der Waals surface area (Å²) in [6.07, 6.45) is 3.52. The maximum atomic E-state index is 12.3. The molecule has 1 aromatic carbocycles. The lowest BCUT2D eigenvalue weighted by Gasteiger charge is -2.47. The summed E-state index contributed by atoms with van der Waals surface area (Å²) in [7, 11) is 0. The number of carbonyl (C=O) groups excluding carboxylic acids is 1. The van der Waals surface area contributed by atoms with Crippen LogP contribution in [0.4, 0.5) is 0 Å². The highest BCUT2D eigenvalue weighted by atomic mass is 32.2. The van der Waals surface area contributed by atoms with Crippen LogP contribution in [0.2, 0.25) is 0 Å². The van der Waals surface area contributed by atoms with E-state index in [4.69, 9.17) is 5.26 Å². The first-order chi connectivity index (χ1) is 11.8. The largest absolute Gasteiger partial charge is 0.342 e. The van der Waals surface area contributed by atoms with Gasteiger partial charge in [0.2, 0.25) is 5.91 Å². The number of carbonyl (C=O) groups is 1. The molecule has 0 radical (unpaired) electrons. The van der Waals surface area contributed by atoms with E-state index >= 15 is 0 Å². The first kappa shape index (κ1) is 17.3. The molecule has 0 aliphatic carbocycles. The number of nitriles is 1. The highest BCUT2D eigenvalue weighted by Crippen LogP contribution is 2.31. The minimum Gasteiger partial charge on any atom is -0.342 e. The zero-order valence-corrected chi connectivity index (χ0v) is 14.9. The molecule has 3 rings (SSSR count). The molecule has 0 saturated carbocycles. The normalized spacial score (nSPS) is 24.2. The Balaban J connectivity index is 1.56. The fourth-order valence-electron chi connectivity index (χ4n) is 4.02. The van der Waals surface area contributed by atoms with E-state index in [-0.39, 0.29) is 5.91 Å². The quantitative estimate of drug-likeness (QED) is 0.771. The standard InChI is InChI=1S/C19H25N3OS/c20-9-12-24-15-19(23)22-11-8-18-17(14-22)7-4-10-21(18)13-16-5-2-1-3-6-16/h1-3,5-6,17-18H,4,7-8,10-15H2/t17-,18+/m0/s1. The molecule has 2 aliphatic rings. The van der Waals surface area contributed by atoms with Crippen LogP contribution in [0, 0.1) is 17.2 Å². The average Bonchev–Trinajstić information content (AvgIpc) is 2.62. The summed E-state index contributed by atoms with van der Waals surface area (Å²) in [4.78, 5) is 16.9. The summed E-state index contributed by atoms with van der Waals surface area (Å²) in [5, 5.41) is 8.59. The van der Waals surface area contributed by atoms with Crippen LogP contribution in [0.3, 0.4) is 0 Å². The van der Waals surface area contributed by atoms with E-state index in [0.717, 1.165) is 26.1 Å². The van der Waals surface area contributed by atoms with Crippen molar-refractivity contribution in [2.24, 2.45) is 5.92 Å². The Morgan fingerprint density at radius 1 is 1.25 bits per heavy atom. The number of likely N-dealkylation sites (tertiary alicyclic amines) is 2. The molecule has 0 aromatic heterocycles. The van der Waals surface area contributed by atoms with Crippen LogP contribution >= 0.6 is 11.8 Å². The summed E-state index contributed by atoms with van der Waals surface area (Å²) in [5.41, 5.74) is 1.38. The third-order valence-corrected chi connectivity index (χ3v) is 5.94. The van der Waals surface area contributed by atoms with Crippen molar-refractivity contribution in [1.82, 2.24) is 9.80 Å². The fraction of sp³-hybridized carbons (Fsp3) is 0.579. The number of rotatable bonds is 5. The molecule has 2 aliphatic heterocycles. The number of piperidine rings is 2. The molecule has 0 unspecified atom stereocenters. The van der Waals surface area contributed by atoms with E-state index < -0.39 is 0 Å². The van der Waals surface area contributed by atoms with Gasteiger partial charge in [-0.05, 0) is 37.3 Å². The van der Waals surface area contributed by atoms with Crippen molar-refractivity contribution in [3.8, 4) is 6.07 Å². The van der Waals surface area contributed by atoms with E-state index in [1.807, 2.05) is 4.90 Å². The van der Waals surface area contributed by atoms with Gasteiger partial charge in [0, 0.05) is 25.7 Å². The summed E-state index contributed by atoms with van der Waals surface area (Å²) >= 11 is 1.42. The van der Waals surface area contributed by atoms with Crippen molar-refractivity contribution >= 4 is 17.7 Å². The van der Waals surface area contributed by atoms with Gasteiger partial charge in [0.1, 0.15) is 0 Å². The van der Waals surface area contributed by atoms with Crippen molar-refractivity contribution in [2.45, 2.75) is 31.8 Å². The molecule has 2 atom stereocenters. The van der Waals surface area contributed by atoms with Crippen LogP contribution < -0.4 is 0 Å². The van der Waals surface area contributed by atoms with Gasteiger partial charge in [0.15, 0.2) is 0 Å². The summed E-state index contributed by atoms with van der Waals surface area (Å²) < 4.78 is 0. The Morgan fingerprint density at radius 3 is 2.88 bits per heavy atom. The Hall–Kier alpha value is -1.51. The predicted molar refractivity (Wildman–Crippen MR) is 97.5 cm³/mol. The lowest BCUT2D eigenvalue weighted by Crippen LogP contribution is -2.55. The van der Waals surface area contributed by atoms with Gasteiger partial charge >= 0.3 is 0 Å². The third-order valence-electron chi connectivity index (χ3n) is 5.16. The Kier molecular flexibility index (Phi) is 6.17. The monoisotopic (exact) mass is 343 g/mol. The second kappa shape index (κ2) is 8.55. The molecule has 0 bridgehead atoms. The molecular weight excluding hydrogens is 318 g/mol. The van der Waals surface area contributed by atoms with Gasteiger partial charge in [-0.2, -0.15) is 5.26 Å². The third kappa shape index (κ3) is 4.31. The van der Waals surface area contributed by atoms with Gasteiger partial charge in [-0.1, -0.05) is 30.3 Å². The van der Waals surface area contributed by atoms with E-state index in [1.165, 1.54) is 36.7 Å². The fourth-order valence-corrected chi connectivity index (χ4v) is 4.57. The number of thioether (sulfide) groups is 1. The SMILES string of the molecule is N#CCSCC(=O)N1CC[C@@H]2[C@@H](CCCN2Cc2ccccc2)C1. The van der Waals surface area contributed by atoms with Gasteiger partial charge < -0.3 is 4.90 Å². The summed E-state index contributed by atoms with van der Waals surface area (Å²) in [5.74, 6) is 1.64. The van der Waals surface area contributed by atoms with E-state index in [9.17, 15) is 4.79 Å². The van der Waals surface area contributed by atoms with Gasteiger partial charge in [0.25, 0.3) is 0 Å². The maximum Gasteiger partial charge on any atom is 0.232 e. The van der Waals surface area contributed by atoms with Crippen molar-refractivity contribution in [2.75, 3.05) is 31.1 Å². The Morgan fingerprint density at radius 2 is 2.08 bits per heavy atom. The molecule has 24 heavy (non-hydrogen) atoms. The highest BCUT2D eigenvalue weighted by molar-refractivity contribution is 8.00. The molecule has 2 heterocycles. The second-order valence-electron chi connectivity index (χ2n) is 6.71. The molecule has 0 spiro atoms. The topological polar surface area (TPSA) is 47.3 Å². The predicted octanol–water partition coefficient (Wildman–Crippen LogP) is 2.76. The second-order valence-corrected chi connectivity index (χ2v) is 7.69. The molecular formula is C19H25N3OS. The first-order valence-corrected chi connectivity index (χ1v) is 9.94. The van der Waals surface area contributed by atoms with Gasteiger partial charge in [-0.3, -0.25) is 9.69 Å². The van der Waals surface area contributed by atoms with Crippen LogP contribution in [-0.4, -0.2) is 52.9 Å². The average molecular weight is 343 g/mol. The number of hydrogen-bond acceptors (Lipinski definition) is 4. The first-order valence-electron chi connectivity index (χ1n) is 8.78. The number of benzene rings is 1. The highest BCUT2D eigenvalue weighted by Gasteiger charge is 2.36. The molecule has 4 nitrogen and oxygen atoms in total. The molecule has 2 fully saturated rings. The Bertz CT molecular complexity index is 586. The van der Waals surface area contributed by atoms with Gasteiger partial charge in [-0.15, -0.1) is 11.8 Å². The summed E-state index contributed by atoms with van der Waals surface area (Å²) in [6.45, 7) is 3.94. The van der Waals surface area contributed by atoms with E-state index in [0.29, 0.717) is 23.5 Å². The smallest absolute Gasteiger partial charge is 0.232 e. The van der Waals surface area contributed by atoms with Crippen LogP contribution in [0.5, 0.6) is 0 Å². The zero-order valence-electron chi connectivity index (χ0n) is 14.1. The van der Waals surface area contributed by atoms with Crippen molar-refractivity contribution in [1.29, 1.82) is 5.26 Å². The van der Waals surface area contributed by atoms with E-state index in [2.05, 4.69) is 41.3 Å². The van der Waals surface area contributed by atoms with Crippen LogP contribution in [0.1, 0.15) is 24.8 Å². The molecule has 128 valence electrons. The van der Waals surface area contributed by atoms with Crippen LogP contribution in [0.25, 0.3) is 0 Å². The van der Waals surface area contributed by atoms with Gasteiger partial charge in [0.05, 0.1) is 17.6 Å². The molecule has 2 saturated heterocycles. The lowest BCUT2D eigenvalue weighted by molar-refractivity contribution is -0.132. The van der Waals surface area contributed by atoms with E-state index in [1.54, 1.807) is 0 Å². The molecule has 1 amide bonds. The number of hydrogen-bond donors (Lipinski definition) is 0. The van der Waals surface area contributed by atoms with Crippen LogP contribution in [-0.2, 0) is 11.3 Å². The minimum atomic E-state index is 0.203. The van der Waals surface area contributed by atoms with Gasteiger partial charge in [-0.25, -0.2) is 0 Å². The molecule has 5 heteroatoms. The molecule has 1 aromatic rings. The zero-order chi connectivity index (χ0) is 16.8. The van der Waals surface area contributed by atoms with Crippen molar-refractivity contribution < 1.29 is 4.79 Å². The Labute approximate surface area is 148 Å². The number of nitrogens with zero attached hydrogens (tertiary/aromatic N) is 3.